The van der Waals surface area contributed by atoms with Gasteiger partial charge in [-0.05, 0) is 16.0 Å². The summed E-state index contributed by atoms with van der Waals surface area (Å²) >= 11 is 9.42. The summed E-state index contributed by atoms with van der Waals surface area (Å²) in [6, 6.07) is 1.01. The minimum absolute atomic E-state index is 0.0443. The van der Waals surface area contributed by atoms with Crippen molar-refractivity contribution in [3.63, 3.8) is 0 Å². The number of thiazole rings is 1. The number of hydrogen-bond donors (Lipinski definition) is 3. The van der Waals surface area contributed by atoms with Gasteiger partial charge in [-0.1, -0.05) is 23.4 Å². The molecule has 0 saturated carbocycles. The van der Waals surface area contributed by atoms with Gasteiger partial charge in [-0.25, -0.2) is 14.5 Å². The quantitative estimate of drug-likeness (QED) is 0.237. The number of β-lactam (4-membered cyclic amide) rings is 1. The number of carboxylic acids is 1. The average molecular weight is 540 g/mol. The lowest BCUT2D eigenvalue weighted by Crippen LogP contribution is -2.70. The number of thioether (sulfide) groups is 2. The molecule has 0 aromatic carbocycles. The van der Waals surface area contributed by atoms with Crippen LogP contribution in [0.25, 0.3) is 5.57 Å². The van der Waals surface area contributed by atoms with Crippen LogP contribution in [-0.2, 0) is 20.9 Å². The number of nitrogens with zero attached hydrogens (tertiary/aromatic N) is 7. The second kappa shape index (κ2) is 10.0. The van der Waals surface area contributed by atoms with Crippen molar-refractivity contribution in [1.82, 2.24) is 35.4 Å². The summed E-state index contributed by atoms with van der Waals surface area (Å²) in [6.45, 7) is -0.0464. The summed E-state index contributed by atoms with van der Waals surface area (Å²) in [7, 11) is 0. The molecule has 4 rings (SSSR count). The monoisotopic (exact) mass is 539 g/mol. The van der Waals surface area contributed by atoms with Crippen molar-refractivity contribution in [3.05, 3.63) is 27.9 Å². The van der Waals surface area contributed by atoms with Crippen LogP contribution in [0.15, 0.2) is 27.3 Å². The summed E-state index contributed by atoms with van der Waals surface area (Å²) in [4.78, 5) is 42.8. The van der Waals surface area contributed by atoms with Crippen LogP contribution in [0.5, 0.6) is 0 Å². The zero-order valence-electron chi connectivity index (χ0n) is 16.9. The summed E-state index contributed by atoms with van der Waals surface area (Å²) < 4.78 is 1.29. The Hall–Kier alpha value is -3.13. The molecular formula is C17H14ClN9O4S3. The van der Waals surface area contributed by atoms with Crippen LogP contribution in [0.1, 0.15) is 5.69 Å². The number of halogens is 1. The molecular weight excluding hydrogens is 526 g/mol. The summed E-state index contributed by atoms with van der Waals surface area (Å²) in [5, 5.41) is 33.9. The highest BCUT2D eigenvalue weighted by atomic mass is 35.5. The van der Waals surface area contributed by atoms with Gasteiger partial charge in [0.2, 0.25) is 5.16 Å². The van der Waals surface area contributed by atoms with Gasteiger partial charge in [0.05, 0.1) is 17.3 Å². The molecule has 0 bridgehead atoms. The number of carbonyl (C=O) groups is 3. The Labute approximate surface area is 209 Å². The zero-order valence-corrected chi connectivity index (χ0v) is 20.1. The first-order valence-corrected chi connectivity index (χ1v) is 12.7. The number of hydrogen-bond acceptors (Lipinski definition) is 12. The van der Waals surface area contributed by atoms with Crippen molar-refractivity contribution >= 4 is 74.9 Å². The normalized spacial score (nSPS) is 19.9. The number of fused-ring (bicyclic) bond motifs is 1. The van der Waals surface area contributed by atoms with E-state index in [9.17, 15) is 19.5 Å². The number of tetrazole rings is 1. The molecule has 1 saturated heterocycles. The van der Waals surface area contributed by atoms with Crippen molar-refractivity contribution < 1.29 is 19.5 Å². The topological polar surface area (TPSA) is 193 Å². The maximum atomic E-state index is 12.9. The Morgan fingerprint density at radius 3 is 2.94 bits per heavy atom. The van der Waals surface area contributed by atoms with Crippen LogP contribution in [0.4, 0.5) is 5.13 Å². The summed E-state index contributed by atoms with van der Waals surface area (Å²) in [5.74, 6) is -1.90. The second-order valence-corrected chi connectivity index (χ2v) is 9.93. The number of amides is 2. The SMILES string of the molecule is N#CCn1nnnc1SCC1=C(C(=O)O)N2C(=O)C(NC(=O)/C(=C/Cl)c3csc(N)n3)C2SC1. The number of aliphatic carboxylic acids is 1. The molecule has 176 valence electrons. The van der Waals surface area contributed by atoms with E-state index in [4.69, 9.17) is 22.6 Å². The van der Waals surface area contributed by atoms with Gasteiger partial charge in [-0.15, -0.1) is 28.2 Å². The van der Waals surface area contributed by atoms with E-state index in [0.717, 1.165) is 28.6 Å². The number of nitrogens with one attached hydrogen (secondary N) is 1. The average Bonchev–Trinajstić information content (AvgIpc) is 3.44. The minimum Gasteiger partial charge on any atom is -0.477 e. The van der Waals surface area contributed by atoms with Crippen molar-refractivity contribution in [2.45, 2.75) is 23.1 Å². The van der Waals surface area contributed by atoms with Crippen LogP contribution >= 0.6 is 46.5 Å². The minimum atomic E-state index is -1.25. The largest absolute Gasteiger partial charge is 0.477 e. The first kappa shape index (κ1) is 24.0. The lowest BCUT2D eigenvalue weighted by molar-refractivity contribution is -0.150. The third kappa shape index (κ3) is 4.46. The number of rotatable bonds is 8. The van der Waals surface area contributed by atoms with Crippen molar-refractivity contribution in [3.8, 4) is 6.07 Å². The lowest BCUT2D eigenvalue weighted by atomic mass is 10.0. The van der Waals surface area contributed by atoms with Gasteiger partial charge in [-0.3, -0.25) is 14.5 Å². The van der Waals surface area contributed by atoms with Gasteiger partial charge >= 0.3 is 5.97 Å². The molecule has 2 aromatic rings. The van der Waals surface area contributed by atoms with E-state index in [2.05, 4.69) is 25.8 Å². The van der Waals surface area contributed by atoms with Crippen LogP contribution in [-0.4, -0.2) is 75.9 Å². The van der Waals surface area contributed by atoms with Gasteiger partial charge in [0, 0.05) is 22.4 Å². The van der Waals surface area contributed by atoms with Gasteiger partial charge in [0.25, 0.3) is 11.8 Å². The fourth-order valence-electron chi connectivity index (χ4n) is 3.26. The first-order valence-electron chi connectivity index (χ1n) is 9.34. The number of aromatic nitrogens is 5. The molecule has 2 atom stereocenters. The summed E-state index contributed by atoms with van der Waals surface area (Å²) in [5.41, 5.74) is 7.35. The molecule has 0 radical (unpaired) electrons. The molecule has 4 heterocycles. The Morgan fingerprint density at radius 1 is 1.50 bits per heavy atom. The molecule has 0 aliphatic carbocycles. The Kier molecular flexibility index (Phi) is 7.07. The molecule has 2 amide bonds. The third-order valence-electron chi connectivity index (χ3n) is 4.78. The molecule has 34 heavy (non-hydrogen) atoms. The van der Waals surface area contributed by atoms with E-state index < -0.39 is 29.2 Å². The highest BCUT2D eigenvalue weighted by molar-refractivity contribution is 8.01. The number of nitrogens with two attached hydrogens (primary N) is 1. The van der Waals surface area contributed by atoms with Crippen molar-refractivity contribution in [2.24, 2.45) is 0 Å². The molecule has 0 spiro atoms. The molecule has 2 aliphatic rings. The van der Waals surface area contributed by atoms with Crippen LogP contribution in [0.2, 0.25) is 0 Å². The van der Waals surface area contributed by atoms with E-state index in [-0.39, 0.29) is 34.4 Å². The number of nitriles is 1. The van der Waals surface area contributed by atoms with Crippen LogP contribution in [0, 0.1) is 11.3 Å². The first-order chi connectivity index (χ1) is 16.3. The molecule has 13 nitrogen and oxygen atoms in total. The fourth-order valence-corrected chi connectivity index (χ4v) is 6.40. The van der Waals surface area contributed by atoms with E-state index in [1.54, 1.807) is 5.38 Å². The smallest absolute Gasteiger partial charge is 0.352 e. The van der Waals surface area contributed by atoms with Crippen LogP contribution in [0.3, 0.4) is 0 Å². The highest BCUT2D eigenvalue weighted by Crippen LogP contribution is 2.41. The predicted molar refractivity (Wildman–Crippen MR) is 124 cm³/mol. The lowest BCUT2D eigenvalue weighted by Gasteiger charge is -2.49. The second-order valence-electron chi connectivity index (χ2n) is 6.78. The van der Waals surface area contributed by atoms with E-state index in [0.29, 0.717) is 16.5 Å². The fraction of sp³-hybridized carbons (Fsp3) is 0.294. The molecule has 2 aliphatic heterocycles. The van der Waals surface area contributed by atoms with Crippen molar-refractivity contribution in [2.75, 3.05) is 17.2 Å². The molecule has 4 N–H and O–H groups in total. The number of nitrogen functional groups attached to an aromatic ring is 1. The molecule has 2 aromatic heterocycles. The maximum Gasteiger partial charge on any atom is 0.352 e. The number of anilines is 1. The molecule has 17 heteroatoms. The predicted octanol–water partition coefficient (Wildman–Crippen LogP) is 0.346. The Balaban J connectivity index is 1.48. The number of carboxylic acid groups (broad SMARTS) is 1. The van der Waals surface area contributed by atoms with Gasteiger partial charge in [0.1, 0.15) is 23.7 Å². The Morgan fingerprint density at radius 2 is 2.29 bits per heavy atom. The molecule has 2 unspecified atom stereocenters. The molecule has 1 fully saturated rings. The Bertz CT molecular complexity index is 1270. The third-order valence-corrected chi connectivity index (χ3v) is 8.06. The van der Waals surface area contributed by atoms with Crippen LogP contribution < -0.4 is 11.1 Å². The van der Waals surface area contributed by atoms with Gasteiger partial charge < -0.3 is 16.2 Å². The standard InChI is InChI=1S/C17H14ClN9O4S3/c18-3-8(9-6-33-16(20)21-9)12(28)22-10-13(29)27-11(15(30)31)7(4-32-14(10)27)5-34-17-23-24-25-26(17)2-1-19/h3,6,10,14H,2,4-5H2,(H2,20,21)(H,22,28)(H,30,31)/b8-3+. The maximum absolute atomic E-state index is 12.9. The zero-order chi connectivity index (χ0) is 24.4. The number of carbonyl (C=O) groups excluding carboxylic acids is 2. The van der Waals surface area contributed by atoms with Gasteiger partial charge in [0.15, 0.2) is 5.13 Å². The highest BCUT2D eigenvalue weighted by Gasteiger charge is 2.54. The van der Waals surface area contributed by atoms with E-state index in [1.165, 1.54) is 21.3 Å². The van der Waals surface area contributed by atoms with Crippen molar-refractivity contribution in [1.29, 1.82) is 5.26 Å². The summed E-state index contributed by atoms with van der Waals surface area (Å²) in [6.07, 6.45) is 0. The van der Waals surface area contributed by atoms with E-state index >= 15 is 0 Å². The van der Waals surface area contributed by atoms with E-state index in [1.807, 2.05) is 6.07 Å². The van der Waals surface area contributed by atoms with Gasteiger partial charge in [-0.2, -0.15) is 5.26 Å².